The van der Waals surface area contributed by atoms with Crippen molar-refractivity contribution in [3.05, 3.63) is 40.7 Å². The molecule has 1 aromatic carbocycles. The molecular weight excluding hydrogens is 264 g/mol. The van der Waals surface area contributed by atoms with Gasteiger partial charge in [0.05, 0.1) is 5.69 Å². The highest BCUT2D eigenvalue weighted by Crippen LogP contribution is 2.35. The van der Waals surface area contributed by atoms with Crippen LogP contribution >= 0.6 is 11.6 Å². The van der Waals surface area contributed by atoms with Crippen LogP contribution in [-0.2, 0) is 18.3 Å². The number of aromatic nitrogens is 2. The van der Waals surface area contributed by atoms with Crippen molar-refractivity contribution in [2.45, 2.75) is 18.8 Å². The molecule has 5 heteroatoms. The molecular formula is C14H13ClN2O2. The molecule has 1 aliphatic carbocycles. The van der Waals surface area contributed by atoms with Crippen molar-refractivity contribution in [1.82, 2.24) is 9.55 Å². The van der Waals surface area contributed by atoms with E-state index >= 15 is 0 Å². The maximum Gasteiger partial charge on any atom is 0.312 e. The second-order valence-corrected chi connectivity index (χ2v) is 5.20. The van der Waals surface area contributed by atoms with Crippen LogP contribution in [0.4, 0.5) is 0 Å². The Morgan fingerprint density at radius 2 is 2.11 bits per heavy atom. The number of hydrogen-bond acceptors (Lipinski definition) is 2. The molecule has 0 radical (unpaired) electrons. The number of carboxylic acids is 1. The van der Waals surface area contributed by atoms with Crippen LogP contribution in [0.15, 0.2) is 24.3 Å². The summed E-state index contributed by atoms with van der Waals surface area (Å²) in [4.78, 5) is 15.7. The fraction of sp³-hybridized carbons (Fsp3) is 0.286. The van der Waals surface area contributed by atoms with Gasteiger partial charge in [-0.1, -0.05) is 11.6 Å². The minimum atomic E-state index is -0.792. The lowest BCUT2D eigenvalue weighted by Gasteiger charge is -2.05. The number of fused-ring (bicyclic) bond motifs is 1. The van der Waals surface area contributed by atoms with Gasteiger partial charge >= 0.3 is 5.97 Å². The molecule has 98 valence electrons. The number of carbonyl (C=O) groups is 1. The monoisotopic (exact) mass is 276 g/mol. The lowest BCUT2D eigenvalue weighted by Crippen LogP contribution is -2.08. The van der Waals surface area contributed by atoms with E-state index in [1.54, 1.807) is 0 Å². The second-order valence-electron chi connectivity index (χ2n) is 4.76. The first-order valence-electron chi connectivity index (χ1n) is 6.12. The van der Waals surface area contributed by atoms with E-state index in [0.717, 1.165) is 23.5 Å². The summed E-state index contributed by atoms with van der Waals surface area (Å²) in [6.07, 6.45) is 1.41. The molecule has 0 saturated heterocycles. The first-order valence-corrected chi connectivity index (χ1v) is 6.50. The van der Waals surface area contributed by atoms with E-state index in [2.05, 4.69) is 4.98 Å². The zero-order valence-electron chi connectivity index (χ0n) is 10.4. The Bertz CT molecular complexity index is 646. The standard InChI is InChI=1S/C14H13ClN2O2/c1-17-11-7-6-10(14(18)19)12(11)16-13(17)8-2-4-9(15)5-3-8/h2-5,10H,6-7H2,1H3,(H,18,19). The van der Waals surface area contributed by atoms with E-state index in [1.165, 1.54) is 0 Å². The predicted molar refractivity (Wildman–Crippen MR) is 72.4 cm³/mol. The van der Waals surface area contributed by atoms with Crippen LogP contribution in [0.2, 0.25) is 5.02 Å². The number of rotatable bonds is 2. The molecule has 2 aromatic rings. The molecule has 0 fully saturated rings. The summed E-state index contributed by atoms with van der Waals surface area (Å²) in [6.45, 7) is 0. The summed E-state index contributed by atoms with van der Waals surface area (Å²) in [6, 6.07) is 7.42. The summed E-state index contributed by atoms with van der Waals surface area (Å²) in [5, 5.41) is 9.88. The Kier molecular flexibility index (Phi) is 2.82. The van der Waals surface area contributed by atoms with Crippen molar-refractivity contribution in [3.8, 4) is 11.4 Å². The zero-order valence-corrected chi connectivity index (χ0v) is 11.2. The van der Waals surface area contributed by atoms with Gasteiger partial charge in [-0.25, -0.2) is 4.98 Å². The topological polar surface area (TPSA) is 55.1 Å². The zero-order chi connectivity index (χ0) is 13.6. The number of carboxylic acid groups (broad SMARTS) is 1. The Hall–Kier alpha value is -1.81. The predicted octanol–water partition coefficient (Wildman–Crippen LogP) is 2.85. The van der Waals surface area contributed by atoms with Gasteiger partial charge in [-0.15, -0.1) is 0 Å². The number of halogens is 1. The van der Waals surface area contributed by atoms with Gasteiger partial charge in [-0.3, -0.25) is 4.79 Å². The van der Waals surface area contributed by atoms with Gasteiger partial charge < -0.3 is 9.67 Å². The molecule has 1 N–H and O–H groups in total. The lowest BCUT2D eigenvalue weighted by molar-refractivity contribution is -0.138. The largest absolute Gasteiger partial charge is 0.481 e. The quantitative estimate of drug-likeness (QED) is 0.918. The Morgan fingerprint density at radius 1 is 1.42 bits per heavy atom. The van der Waals surface area contributed by atoms with E-state index in [4.69, 9.17) is 11.6 Å². The first kappa shape index (κ1) is 12.2. The van der Waals surface area contributed by atoms with Gasteiger partial charge in [0.1, 0.15) is 11.7 Å². The molecule has 1 atom stereocenters. The van der Waals surface area contributed by atoms with Crippen LogP contribution in [-0.4, -0.2) is 20.6 Å². The van der Waals surface area contributed by atoms with Crippen molar-refractivity contribution < 1.29 is 9.90 Å². The van der Waals surface area contributed by atoms with Crippen molar-refractivity contribution in [2.24, 2.45) is 7.05 Å². The third-order valence-corrected chi connectivity index (χ3v) is 3.90. The average Bonchev–Trinajstić information content (AvgIpc) is 2.91. The van der Waals surface area contributed by atoms with E-state index in [0.29, 0.717) is 17.1 Å². The Morgan fingerprint density at radius 3 is 2.74 bits per heavy atom. The molecule has 3 rings (SSSR count). The van der Waals surface area contributed by atoms with Crippen LogP contribution in [0.3, 0.4) is 0 Å². The highest BCUT2D eigenvalue weighted by Gasteiger charge is 2.33. The van der Waals surface area contributed by atoms with Crippen LogP contribution in [0.1, 0.15) is 23.7 Å². The van der Waals surface area contributed by atoms with E-state index in [1.807, 2.05) is 35.9 Å². The Labute approximate surface area is 115 Å². The van der Waals surface area contributed by atoms with Gasteiger partial charge in [0, 0.05) is 23.3 Å². The van der Waals surface area contributed by atoms with E-state index < -0.39 is 11.9 Å². The van der Waals surface area contributed by atoms with Crippen molar-refractivity contribution in [2.75, 3.05) is 0 Å². The third-order valence-electron chi connectivity index (χ3n) is 3.65. The van der Waals surface area contributed by atoms with Crippen molar-refractivity contribution in [1.29, 1.82) is 0 Å². The number of hydrogen-bond donors (Lipinski definition) is 1. The van der Waals surface area contributed by atoms with Crippen molar-refractivity contribution in [3.63, 3.8) is 0 Å². The fourth-order valence-corrected chi connectivity index (χ4v) is 2.77. The third kappa shape index (κ3) is 1.92. The van der Waals surface area contributed by atoms with Crippen LogP contribution < -0.4 is 0 Å². The molecule has 1 heterocycles. The number of imidazole rings is 1. The number of aliphatic carboxylic acids is 1. The first-order chi connectivity index (χ1) is 9.08. The summed E-state index contributed by atoms with van der Waals surface area (Å²) >= 11 is 5.87. The molecule has 0 aliphatic heterocycles. The second kappa shape index (κ2) is 4.38. The van der Waals surface area contributed by atoms with E-state index in [9.17, 15) is 9.90 Å². The van der Waals surface area contributed by atoms with Gasteiger partial charge in [0.25, 0.3) is 0 Å². The number of benzene rings is 1. The molecule has 1 aromatic heterocycles. The normalized spacial score (nSPS) is 17.5. The molecule has 0 spiro atoms. The minimum Gasteiger partial charge on any atom is -0.481 e. The van der Waals surface area contributed by atoms with Crippen LogP contribution in [0, 0.1) is 0 Å². The summed E-state index contributed by atoms with van der Waals surface area (Å²) in [5.74, 6) is -0.464. The molecule has 1 unspecified atom stereocenters. The summed E-state index contributed by atoms with van der Waals surface area (Å²) in [5.41, 5.74) is 2.68. The maximum absolute atomic E-state index is 11.2. The van der Waals surface area contributed by atoms with Crippen LogP contribution in [0.5, 0.6) is 0 Å². The smallest absolute Gasteiger partial charge is 0.312 e. The molecule has 0 bridgehead atoms. The SMILES string of the molecule is Cn1c(-c2ccc(Cl)cc2)nc2c1CCC2C(=O)O. The van der Waals surface area contributed by atoms with Gasteiger partial charge in [0.15, 0.2) is 0 Å². The van der Waals surface area contributed by atoms with Crippen LogP contribution in [0.25, 0.3) is 11.4 Å². The van der Waals surface area contributed by atoms with E-state index in [-0.39, 0.29) is 0 Å². The maximum atomic E-state index is 11.2. The van der Waals surface area contributed by atoms with Gasteiger partial charge in [-0.05, 0) is 37.1 Å². The molecule has 0 amide bonds. The highest BCUT2D eigenvalue weighted by atomic mass is 35.5. The van der Waals surface area contributed by atoms with Gasteiger partial charge in [0.2, 0.25) is 0 Å². The lowest BCUT2D eigenvalue weighted by atomic mass is 10.1. The summed E-state index contributed by atoms with van der Waals surface area (Å²) < 4.78 is 1.99. The van der Waals surface area contributed by atoms with Gasteiger partial charge in [-0.2, -0.15) is 0 Å². The number of nitrogens with zero attached hydrogens (tertiary/aromatic N) is 2. The summed E-state index contributed by atoms with van der Waals surface area (Å²) in [7, 11) is 1.93. The minimum absolute atomic E-state index is 0.470. The highest BCUT2D eigenvalue weighted by molar-refractivity contribution is 6.30. The Balaban J connectivity index is 2.08. The van der Waals surface area contributed by atoms with Crippen molar-refractivity contribution >= 4 is 17.6 Å². The molecule has 0 saturated carbocycles. The fourth-order valence-electron chi connectivity index (χ4n) is 2.64. The molecule has 19 heavy (non-hydrogen) atoms. The molecule has 4 nitrogen and oxygen atoms in total. The average molecular weight is 277 g/mol. The molecule has 1 aliphatic rings.